The van der Waals surface area contributed by atoms with Crippen LogP contribution < -0.4 is 5.73 Å². The normalized spacial score (nSPS) is 12.5. The molecule has 1 unspecified atom stereocenters. The number of rotatable bonds is 7. The fourth-order valence-electron chi connectivity index (χ4n) is 1.86. The number of nitrogens with two attached hydrogens (primary N) is 1. The standard InChI is InChI=1S/C14H19N3O4/c1-2-20-6-5-13-16-14(21-17-13)10(15)7-9-3-4-11(18)12(19)8-9/h3-4,8,10,18-19H,2,5-7,15H2,1H3. The maximum absolute atomic E-state index is 9.45. The first-order valence-corrected chi connectivity index (χ1v) is 6.76. The highest BCUT2D eigenvalue weighted by atomic mass is 16.5. The van der Waals surface area contributed by atoms with Gasteiger partial charge in [0.15, 0.2) is 17.3 Å². The van der Waals surface area contributed by atoms with E-state index in [2.05, 4.69) is 10.1 Å². The van der Waals surface area contributed by atoms with Crippen molar-refractivity contribution in [1.82, 2.24) is 10.1 Å². The Labute approximate surface area is 122 Å². The number of aromatic nitrogens is 2. The van der Waals surface area contributed by atoms with E-state index in [1.807, 2.05) is 6.92 Å². The van der Waals surface area contributed by atoms with Crippen LogP contribution in [0.2, 0.25) is 0 Å². The Morgan fingerprint density at radius 3 is 2.86 bits per heavy atom. The van der Waals surface area contributed by atoms with E-state index in [1.165, 1.54) is 12.1 Å². The largest absolute Gasteiger partial charge is 0.504 e. The number of hydrogen-bond donors (Lipinski definition) is 3. The zero-order chi connectivity index (χ0) is 15.2. The molecule has 4 N–H and O–H groups in total. The second-order valence-electron chi connectivity index (χ2n) is 4.63. The van der Waals surface area contributed by atoms with Crippen molar-refractivity contribution < 1.29 is 19.5 Å². The third-order valence-corrected chi connectivity index (χ3v) is 2.97. The minimum Gasteiger partial charge on any atom is -0.504 e. The Morgan fingerprint density at radius 1 is 1.33 bits per heavy atom. The van der Waals surface area contributed by atoms with Gasteiger partial charge in [-0.25, -0.2) is 0 Å². The summed E-state index contributed by atoms with van der Waals surface area (Å²) >= 11 is 0. The van der Waals surface area contributed by atoms with Crippen molar-refractivity contribution in [2.75, 3.05) is 13.2 Å². The number of phenols is 2. The zero-order valence-corrected chi connectivity index (χ0v) is 11.8. The molecule has 21 heavy (non-hydrogen) atoms. The number of hydrogen-bond acceptors (Lipinski definition) is 7. The molecule has 7 heteroatoms. The first-order chi connectivity index (χ1) is 10.1. The topological polar surface area (TPSA) is 115 Å². The molecule has 1 atom stereocenters. The zero-order valence-electron chi connectivity index (χ0n) is 11.8. The van der Waals surface area contributed by atoms with Crippen molar-refractivity contribution in [1.29, 1.82) is 0 Å². The second kappa shape index (κ2) is 7.05. The predicted octanol–water partition coefficient (Wildman–Crippen LogP) is 1.30. The van der Waals surface area contributed by atoms with E-state index < -0.39 is 6.04 Å². The average molecular weight is 293 g/mol. The number of ether oxygens (including phenoxy) is 1. The van der Waals surface area contributed by atoms with Gasteiger partial charge >= 0.3 is 0 Å². The van der Waals surface area contributed by atoms with E-state index in [-0.39, 0.29) is 11.5 Å². The molecule has 0 saturated heterocycles. The fraction of sp³-hybridized carbons (Fsp3) is 0.429. The van der Waals surface area contributed by atoms with Crippen molar-refractivity contribution in [3.05, 3.63) is 35.5 Å². The molecule has 2 rings (SSSR count). The number of aromatic hydroxyl groups is 2. The predicted molar refractivity (Wildman–Crippen MR) is 74.9 cm³/mol. The molecular weight excluding hydrogens is 274 g/mol. The smallest absolute Gasteiger partial charge is 0.243 e. The molecular formula is C14H19N3O4. The lowest BCUT2D eigenvalue weighted by Crippen LogP contribution is -2.14. The highest BCUT2D eigenvalue weighted by molar-refractivity contribution is 5.40. The molecule has 0 aliphatic rings. The van der Waals surface area contributed by atoms with Gasteiger partial charge < -0.3 is 25.2 Å². The minimum absolute atomic E-state index is 0.164. The Bertz CT molecular complexity index is 585. The molecule has 7 nitrogen and oxygen atoms in total. The van der Waals surface area contributed by atoms with Gasteiger partial charge in [-0.1, -0.05) is 11.2 Å². The molecule has 1 heterocycles. The average Bonchev–Trinajstić information content (AvgIpc) is 2.92. The lowest BCUT2D eigenvalue weighted by Gasteiger charge is -2.07. The van der Waals surface area contributed by atoms with Gasteiger partial charge in [-0.15, -0.1) is 0 Å². The van der Waals surface area contributed by atoms with Gasteiger partial charge in [-0.05, 0) is 31.0 Å². The number of nitrogens with zero attached hydrogens (tertiary/aromatic N) is 2. The maximum Gasteiger partial charge on any atom is 0.243 e. The van der Waals surface area contributed by atoms with Crippen molar-refractivity contribution >= 4 is 0 Å². The van der Waals surface area contributed by atoms with Gasteiger partial charge in [0.2, 0.25) is 5.89 Å². The molecule has 0 saturated carbocycles. The van der Waals surface area contributed by atoms with Crippen LogP contribution in [-0.4, -0.2) is 33.6 Å². The summed E-state index contributed by atoms with van der Waals surface area (Å²) in [5, 5.41) is 22.6. The van der Waals surface area contributed by atoms with Crippen LogP contribution in [0.5, 0.6) is 11.5 Å². The quantitative estimate of drug-likeness (QED) is 0.520. The van der Waals surface area contributed by atoms with Crippen molar-refractivity contribution in [3.63, 3.8) is 0 Å². The molecule has 1 aromatic carbocycles. The third kappa shape index (κ3) is 4.17. The minimum atomic E-state index is -0.470. The van der Waals surface area contributed by atoms with Gasteiger partial charge in [0.1, 0.15) is 0 Å². The summed E-state index contributed by atoms with van der Waals surface area (Å²) in [5.74, 6) is 0.558. The van der Waals surface area contributed by atoms with E-state index in [4.69, 9.17) is 15.0 Å². The summed E-state index contributed by atoms with van der Waals surface area (Å²) in [6.45, 7) is 3.11. The molecule has 1 aromatic heterocycles. The third-order valence-electron chi connectivity index (χ3n) is 2.97. The summed E-state index contributed by atoms with van der Waals surface area (Å²) in [5.41, 5.74) is 6.78. The summed E-state index contributed by atoms with van der Waals surface area (Å²) < 4.78 is 10.4. The van der Waals surface area contributed by atoms with Gasteiger partial charge in [-0.2, -0.15) is 4.98 Å². The Balaban J connectivity index is 1.96. The van der Waals surface area contributed by atoms with E-state index in [9.17, 15) is 10.2 Å². The van der Waals surface area contributed by atoms with E-state index in [0.717, 1.165) is 5.56 Å². The Kier molecular flexibility index (Phi) is 5.13. The van der Waals surface area contributed by atoms with Crippen LogP contribution in [0.3, 0.4) is 0 Å². The van der Waals surface area contributed by atoms with Crippen molar-refractivity contribution in [2.24, 2.45) is 5.73 Å². The number of phenolic OH excluding ortho intramolecular Hbond substituents is 2. The van der Waals surface area contributed by atoms with Crippen LogP contribution >= 0.6 is 0 Å². The van der Waals surface area contributed by atoms with Gasteiger partial charge in [0.25, 0.3) is 0 Å². The Morgan fingerprint density at radius 2 is 2.14 bits per heavy atom. The summed E-state index contributed by atoms with van der Waals surface area (Å²) in [6.07, 6.45) is 0.991. The fourth-order valence-corrected chi connectivity index (χ4v) is 1.86. The summed E-state index contributed by atoms with van der Waals surface area (Å²) in [6, 6.07) is 4.09. The van der Waals surface area contributed by atoms with Crippen LogP contribution in [0.4, 0.5) is 0 Å². The SMILES string of the molecule is CCOCCc1noc(C(N)Cc2ccc(O)c(O)c2)n1. The Hall–Kier alpha value is -2.12. The van der Waals surface area contributed by atoms with Gasteiger partial charge in [0, 0.05) is 13.0 Å². The van der Waals surface area contributed by atoms with Gasteiger partial charge in [-0.3, -0.25) is 0 Å². The van der Waals surface area contributed by atoms with E-state index in [1.54, 1.807) is 6.07 Å². The first kappa shape index (κ1) is 15.3. The molecule has 0 aliphatic heterocycles. The van der Waals surface area contributed by atoms with E-state index >= 15 is 0 Å². The highest BCUT2D eigenvalue weighted by Crippen LogP contribution is 2.26. The summed E-state index contributed by atoms with van der Waals surface area (Å²) in [4.78, 5) is 4.22. The van der Waals surface area contributed by atoms with Gasteiger partial charge in [0.05, 0.1) is 12.6 Å². The van der Waals surface area contributed by atoms with Crippen LogP contribution in [-0.2, 0) is 17.6 Å². The van der Waals surface area contributed by atoms with Crippen molar-refractivity contribution in [3.8, 4) is 11.5 Å². The molecule has 0 radical (unpaired) electrons. The lowest BCUT2D eigenvalue weighted by atomic mass is 10.1. The molecule has 0 spiro atoms. The van der Waals surface area contributed by atoms with Crippen LogP contribution in [0, 0.1) is 0 Å². The molecule has 114 valence electrons. The van der Waals surface area contributed by atoms with E-state index in [0.29, 0.717) is 37.8 Å². The molecule has 0 amide bonds. The van der Waals surface area contributed by atoms with Crippen LogP contribution in [0.15, 0.2) is 22.7 Å². The van der Waals surface area contributed by atoms with Crippen LogP contribution in [0.1, 0.15) is 30.2 Å². The van der Waals surface area contributed by atoms with Crippen molar-refractivity contribution in [2.45, 2.75) is 25.8 Å². The maximum atomic E-state index is 9.45. The second-order valence-corrected chi connectivity index (χ2v) is 4.63. The molecule has 0 aliphatic carbocycles. The lowest BCUT2D eigenvalue weighted by molar-refractivity contribution is 0.149. The molecule has 0 bridgehead atoms. The summed E-state index contributed by atoms with van der Waals surface area (Å²) in [7, 11) is 0. The highest BCUT2D eigenvalue weighted by Gasteiger charge is 2.16. The first-order valence-electron chi connectivity index (χ1n) is 6.76. The monoisotopic (exact) mass is 293 g/mol. The number of benzene rings is 1. The molecule has 2 aromatic rings. The molecule has 0 fully saturated rings. The van der Waals surface area contributed by atoms with Crippen LogP contribution in [0.25, 0.3) is 0 Å².